The molecule has 0 spiro atoms. The summed E-state index contributed by atoms with van der Waals surface area (Å²) in [6, 6.07) is 45.9. The lowest BCUT2D eigenvalue weighted by molar-refractivity contribution is 0.0987. The number of nitriles is 1. The van der Waals surface area contributed by atoms with Crippen LogP contribution in [0.5, 0.6) is 11.5 Å². The first kappa shape index (κ1) is 34.9. The number of rotatable bonds is 12. The molecule has 0 bridgehead atoms. The Morgan fingerprint density at radius 1 is 0.655 bits per heavy atom. The molecule has 6 aromatic carbocycles. The molecular weight excluding hydrogens is 685 g/mol. The Labute approximate surface area is 319 Å². The van der Waals surface area contributed by atoms with Gasteiger partial charge in [0.2, 0.25) is 0 Å². The Kier molecular flexibility index (Phi) is 9.78. The van der Waals surface area contributed by atoms with Gasteiger partial charge < -0.3 is 14.4 Å². The van der Waals surface area contributed by atoms with Gasteiger partial charge in [0.1, 0.15) is 11.5 Å². The Bertz CT molecular complexity index is 2710. The van der Waals surface area contributed by atoms with E-state index in [1.54, 1.807) is 19.1 Å². The van der Waals surface area contributed by atoms with Crippen LogP contribution in [0.25, 0.3) is 44.1 Å². The van der Waals surface area contributed by atoms with Gasteiger partial charge in [-0.1, -0.05) is 72.8 Å². The summed E-state index contributed by atoms with van der Waals surface area (Å²) in [5.41, 5.74) is 9.00. The second kappa shape index (κ2) is 15.4. The van der Waals surface area contributed by atoms with E-state index in [1.165, 1.54) is 0 Å². The highest BCUT2D eigenvalue weighted by Crippen LogP contribution is 2.33. The molecule has 0 atom stereocenters. The molecule has 0 saturated heterocycles. The van der Waals surface area contributed by atoms with E-state index in [-0.39, 0.29) is 18.9 Å². The van der Waals surface area contributed by atoms with E-state index in [1.807, 2.05) is 125 Å². The van der Waals surface area contributed by atoms with Crippen LogP contribution < -0.4 is 14.4 Å². The average molecular weight is 723 g/mol. The van der Waals surface area contributed by atoms with E-state index >= 15 is 0 Å². The number of nitrogens with zero attached hydrogens (tertiary/aromatic N) is 6. The van der Waals surface area contributed by atoms with E-state index in [4.69, 9.17) is 19.7 Å². The number of methoxy groups -OCH3 is 2. The number of hydrogen-bond acceptors (Lipinski definition) is 6. The maximum absolute atomic E-state index is 14.4. The number of ether oxygens (including phenoxy) is 2. The zero-order valence-corrected chi connectivity index (χ0v) is 30.6. The lowest BCUT2D eigenvalue weighted by Gasteiger charge is -2.23. The van der Waals surface area contributed by atoms with Crippen molar-refractivity contribution in [2.75, 3.05) is 25.7 Å². The molecule has 0 saturated carbocycles. The molecule has 9 nitrogen and oxygen atoms in total. The minimum Gasteiger partial charge on any atom is -0.497 e. The molecule has 0 radical (unpaired) electrons. The Balaban J connectivity index is 1.09. The Morgan fingerprint density at radius 2 is 1.18 bits per heavy atom. The highest BCUT2D eigenvalue weighted by atomic mass is 16.5. The fraction of sp³-hybridized carbons (Fsp3) is 0.130. The first-order chi connectivity index (χ1) is 27.0. The highest BCUT2D eigenvalue weighted by Gasteiger charge is 2.20. The summed E-state index contributed by atoms with van der Waals surface area (Å²) in [7, 11) is 3.33. The van der Waals surface area contributed by atoms with Gasteiger partial charge in [-0.2, -0.15) is 15.5 Å². The molecule has 8 aromatic rings. The quantitative estimate of drug-likeness (QED) is 0.125. The molecule has 8 rings (SSSR count). The van der Waals surface area contributed by atoms with Gasteiger partial charge in [-0.25, -0.2) is 0 Å². The average Bonchev–Trinajstić information content (AvgIpc) is 3.84. The molecule has 9 heteroatoms. The molecule has 270 valence electrons. The number of benzene rings is 6. The smallest absolute Gasteiger partial charge is 0.258 e. The number of aromatic nitrogens is 4. The molecule has 0 aliphatic heterocycles. The molecule has 0 aliphatic carbocycles. The Morgan fingerprint density at radius 3 is 1.75 bits per heavy atom. The highest BCUT2D eigenvalue weighted by molar-refractivity contribution is 6.08. The summed E-state index contributed by atoms with van der Waals surface area (Å²) < 4.78 is 14.7. The third kappa shape index (κ3) is 7.39. The number of amides is 1. The van der Waals surface area contributed by atoms with Crippen LogP contribution in [-0.2, 0) is 13.1 Å². The monoisotopic (exact) mass is 722 g/mol. The van der Waals surface area contributed by atoms with E-state index in [0.29, 0.717) is 24.3 Å². The van der Waals surface area contributed by atoms with E-state index in [9.17, 15) is 10.1 Å². The van der Waals surface area contributed by atoms with Crippen LogP contribution >= 0.6 is 0 Å². The van der Waals surface area contributed by atoms with Gasteiger partial charge in [0.25, 0.3) is 5.91 Å². The summed E-state index contributed by atoms with van der Waals surface area (Å²) >= 11 is 0. The SMILES string of the molecule is COc1cccc(Cn2cc3c(-c4cccc(C(=O)N(CCC#N)c5cccc(-c6cccc7nn(Cc8cccc(OC)c8)cc67)c5)c4)cccc3n2)c1. The molecule has 1 amide bonds. The van der Waals surface area contributed by atoms with Gasteiger partial charge >= 0.3 is 0 Å². The van der Waals surface area contributed by atoms with Gasteiger partial charge in [-0.3, -0.25) is 14.2 Å². The van der Waals surface area contributed by atoms with E-state index in [0.717, 1.165) is 66.7 Å². The Hall–Kier alpha value is -7.18. The van der Waals surface area contributed by atoms with Crippen LogP contribution in [0.15, 0.2) is 146 Å². The van der Waals surface area contributed by atoms with Crippen LogP contribution in [0.1, 0.15) is 27.9 Å². The number of carbonyl (C=O) groups excluding carboxylic acids is 1. The van der Waals surface area contributed by atoms with Crippen molar-refractivity contribution in [2.24, 2.45) is 0 Å². The standard InChI is InChI=1S/C46H38N6O3/c1-54-38-16-3-10-32(24-38)28-50-30-42-40(18-7-20-44(42)48-50)34-12-5-14-36(26-34)46(53)52(23-9-22-47)37-15-6-13-35(27-37)41-19-8-21-45-43(41)31-51(49-45)29-33-11-4-17-39(25-33)55-2/h3-8,10-21,24-27,30-31H,9,23,28-29H2,1-2H3. The van der Waals surface area contributed by atoms with Gasteiger partial charge in [-0.15, -0.1) is 0 Å². The number of hydrogen-bond donors (Lipinski definition) is 0. The molecule has 2 aromatic heterocycles. The third-order valence-electron chi connectivity index (χ3n) is 9.73. The zero-order valence-electron chi connectivity index (χ0n) is 30.6. The molecule has 0 N–H and O–H groups in total. The van der Waals surface area contributed by atoms with Crippen molar-refractivity contribution < 1.29 is 14.3 Å². The third-order valence-corrected chi connectivity index (χ3v) is 9.73. The van der Waals surface area contributed by atoms with Crippen molar-refractivity contribution in [3.8, 4) is 39.8 Å². The minimum absolute atomic E-state index is 0.181. The van der Waals surface area contributed by atoms with Crippen LogP contribution in [0.4, 0.5) is 5.69 Å². The zero-order chi connectivity index (χ0) is 37.7. The van der Waals surface area contributed by atoms with Crippen molar-refractivity contribution in [1.29, 1.82) is 5.26 Å². The first-order valence-electron chi connectivity index (χ1n) is 18.1. The summed E-state index contributed by atoms with van der Waals surface area (Å²) in [6.07, 6.45) is 4.30. The van der Waals surface area contributed by atoms with Crippen molar-refractivity contribution in [1.82, 2.24) is 19.6 Å². The summed E-state index contributed by atoms with van der Waals surface area (Å²) in [4.78, 5) is 16.1. The van der Waals surface area contributed by atoms with E-state index in [2.05, 4.69) is 36.5 Å². The summed E-state index contributed by atoms with van der Waals surface area (Å²) in [5.74, 6) is 1.43. The number of carbonyl (C=O) groups is 1. The normalized spacial score (nSPS) is 11.1. The molecule has 2 heterocycles. The van der Waals surface area contributed by atoms with Crippen molar-refractivity contribution in [2.45, 2.75) is 19.5 Å². The lowest BCUT2D eigenvalue weighted by atomic mass is 9.99. The fourth-order valence-electron chi connectivity index (χ4n) is 7.09. The largest absolute Gasteiger partial charge is 0.497 e. The maximum Gasteiger partial charge on any atom is 0.258 e. The summed E-state index contributed by atoms with van der Waals surface area (Å²) in [5, 5.41) is 21.3. The van der Waals surface area contributed by atoms with Crippen LogP contribution in [0.2, 0.25) is 0 Å². The minimum atomic E-state index is -0.181. The molecule has 0 unspecified atom stereocenters. The molecule has 55 heavy (non-hydrogen) atoms. The van der Waals surface area contributed by atoms with Gasteiger partial charge in [0.15, 0.2) is 0 Å². The molecule has 0 fully saturated rings. The van der Waals surface area contributed by atoms with Gasteiger partial charge in [-0.05, 0) is 94.0 Å². The predicted molar refractivity (Wildman–Crippen MR) is 216 cm³/mol. The van der Waals surface area contributed by atoms with Crippen molar-refractivity contribution in [3.63, 3.8) is 0 Å². The lowest BCUT2D eigenvalue weighted by Crippen LogP contribution is -2.31. The molecular formula is C46H38N6O3. The summed E-state index contributed by atoms with van der Waals surface area (Å²) in [6.45, 7) is 1.44. The van der Waals surface area contributed by atoms with Crippen LogP contribution in [0.3, 0.4) is 0 Å². The fourth-order valence-corrected chi connectivity index (χ4v) is 7.09. The topological polar surface area (TPSA) is 98.2 Å². The number of fused-ring (bicyclic) bond motifs is 2. The predicted octanol–water partition coefficient (Wildman–Crippen LogP) is 9.39. The maximum atomic E-state index is 14.4. The second-order valence-corrected chi connectivity index (χ2v) is 13.3. The second-order valence-electron chi connectivity index (χ2n) is 13.3. The first-order valence-corrected chi connectivity index (χ1v) is 18.1. The van der Waals surface area contributed by atoms with Crippen molar-refractivity contribution >= 4 is 33.4 Å². The van der Waals surface area contributed by atoms with Gasteiger partial charge in [0, 0.05) is 41.0 Å². The van der Waals surface area contributed by atoms with E-state index < -0.39 is 0 Å². The van der Waals surface area contributed by atoms with Gasteiger partial charge in [0.05, 0.1) is 50.8 Å². The van der Waals surface area contributed by atoms with Crippen LogP contribution in [0, 0.1) is 11.3 Å². The number of anilines is 1. The van der Waals surface area contributed by atoms with Crippen molar-refractivity contribution in [3.05, 3.63) is 163 Å². The molecule has 0 aliphatic rings. The van der Waals surface area contributed by atoms with Crippen LogP contribution in [-0.4, -0.2) is 46.2 Å².